The molecule has 0 bridgehead atoms. The van der Waals surface area contributed by atoms with E-state index >= 15 is 0 Å². The Morgan fingerprint density at radius 1 is 0.971 bits per heavy atom. The number of hydrogen-bond donors (Lipinski definition) is 0. The van der Waals surface area contributed by atoms with Crippen LogP contribution in [0, 0.1) is 0 Å². The van der Waals surface area contributed by atoms with Gasteiger partial charge in [-0.25, -0.2) is 9.78 Å². The molecule has 2 fully saturated rings. The molecule has 34 heavy (non-hydrogen) atoms. The molecular weight excluding hydrogens is 450 g/mol. The number of aromatic nitrogens is 4. The van der Waals surface area contributed by atoms with Gasteiger partial charge >= 0.3 is 5.69 Å². The molecule has 0 atom stereocenters. The second-order valence-electron chi connectivity index (χ2n) is 9.95. The van der Waals surface area contributed by atoms with Gasteiger partial charge in [0, 0.05) is 32.7 Å². The van der Waals surface area contributed by atoms with Crippen molar-refractivity contribution in [2.75, 3.05) is 5.75 Å². The molecule has 8 nitrogen and oxygen atoms in total. The Balaban J connectivity index is 1.62. The van der Waals surface area contributed by atoms with E-state index in [1.807, 2.05) is 4.57 Å². The number of amides is 1. The van der Waals surface area contributed by atoms with E-state index in [4.69, 9.17) is 0 Å². The number of unbranched alkanes of at least 4 members (excludes halogenated alkanes) is 1. The maximum absolute atomic E-state index is 13.6. The summed E-state index contributed by atoms with van der Waals surface area (Å²) in [6.45, 7) is 2.75. The topological polar surface area (TPSA) is 82.1 Å². The molecular formula is C25H39N5O3S. The van der Waals surface area contributed by atoms with Crippen molar-refractivity contribution in [3.63, 3.8) is 0 Å². The predicted molar refractivity (Wildman–Crippen MR) is 136 cm³/mol. The molecule has 2 heterocycles. The van der Waals surface area contributed by atoms with E-state index in [1.165, 1.54) is 61.9 Å². The molecule has 9 heteroatoms. The van der Waals surface area contributed by atoms with Gasteiger partial charge in [-0.05, 0) is 32.1 Å². The van der Waals surface area contributed by atoms with Gasteiger partial charge in [0.15, 0.2) is 16.3 Å². The molecule has 0 aromatic carbocycles. The monoisotopic (exact) mass is 489 g/mol. The SMILES string of the molecule is CCCCn1c(SCC(=O)N(C2CCCCC2)C2CCCCC2)nc2c1c(=O)n(C)c(=O)n2C. The Hall–Kier alpha value is -2.03. The van der Waals surface area contributed by atoms with Gasteiger partial charge < -0.3 is 9.47 Å². The van der Waals surface area contributed by atoms with E-state index in [0.717, 1.165) is 43.1 Å². The number of fused-ring (bicyclic) bond motifs is 1. The highest BCUT2D eigenvalue weighted by molar-refractivity contribution is 7.99. The number of carbonyl (C=O) groups excluding carboxylic acids is 1. The van der Waals surface area contributed by atoms with Crippen LogP contribution in [0.25, 0.3) is 11.2 Å². The minimum atomic E-state index is -0.383. The van der Waals surface area contributed by atoms with Crippen LogP contribution in [0.4, 0.5) is 0 Å². The van der Waals surface area contributed by atoms with E-state index in [-0.39, 0.29) is 17.2 Å². The Morgan fingerprint density at radius 3 is 2.12 bits per heavy atom. The highest BCUT2D eigenvalue weighted by Crippen LogP contribution is 2.32. The molecule has 2 aliphatic carbocycles. The Kier molecular flexibility index (Phi) is 8.22. The van der Waals surface area contributed by atoms with Crippen LogP contribution < -0.4 is 11.2 Å². The number of thioether (sulfide) groups is 1. The fraction of sp³-hybridized carbons (Fsp3) is 0.760. The molecule has 0 N–H and O–H groups in total. The fourth-order valence-corrected chi connectivity index (χ4v) is 6.58. The quantitative estimate of drug-likeness (QED) is 0.527. The van der Waals surface area contributed by atoms with E-state index in [9.17, 15) is 14.4 Å². The Morgan fingerprint density at radius 2 is 1.56 bits per heavy atom. The summed E-state index contributed by atoms with van der Waals surface area (Å²) in [7, 11) is 3.15. The van der Waals surface area contributed by atoms with Crippen LogP contribution in [0.5, 0.6) is 0 Å². The molecule has 2 aromatic rings. The lowest BCUT2D eigenvalue weighted by Gasteiger charge is -2.41. The third kappa shape index (κ3) is 4.99. The van der Waals surface area contributed by atoms with Gasteiger partial charge in [0.05, 0.1) is 5.75 Å². The summed E-state index contributed by atoms with van der Waals surface area (Å²) in [5.41, 5.74) is 0.136. The summed E-state index contributed by atoms with van der Waals surface area (Å²) < 4.78 is 4.49. The minimum absolute atomic E-state index is 0.194. The lowest BCUT2D eigenvalue weighted by Crippen LogP contribution is -2.49. The van der Waals surface area contributed by atoms with Crippen LogP contribution in [0.2, 0.25) is 0 Å². The smallest absolute Gasteiger partial charge is 0.332 e. The van der Waals surface area contributed by atoms with E-state index in [2.05, 4.69) is 16.8 Å². The van der Waals surface area contributed by atoms with Crippen LogP contribution in [0.3, 0.4) is 0 Å². The summed E-state index contributed by atoms with van der Waals surface area (Å²) in [6.07, 6.45) is 13.7. The average Bonchev–Trinajstić information content (AvgIpc) is 3.23. The van der Waals surface area contributed by atoms with Crippen molar-refractivity contribution in [3.8, 4) is 0 Å². The third-order valence-electron chi connectivity index (χ3n) is 7.60. The lowest BCUT2D eigenvalue weighted by atomic mass is 9.88. The first-order valence-corrected chi connectivity index (χ1v) is 14.0. The van der Waals surface area contributed by atoms with E-state index < -0.39 is 0 Å². The third-order valence-corrected chi connectivity index (χ3v) is 8.56. The van der Waals surface area contributed by atoms with Crippen LogP contribution in [-0.2, 0) is 25.4 Å². The van der Waals surface area contributed by atoms with Crippen molar-refractivity contribution in [1.82, 2.24) is 23.6 Å². The molecule has 0 radical (unpaired) electrons. The maximum atomic E-state index is 13.6. The first-order valence-electron chi connectivity index (χ1n) is 13.0. The zero-order valence-corrected chi connectivity index (χ0v) is 21.7. The largest absolute Gasteiger partial charge is 0.336 e. The first kappa shape index (κ1) is 25.1. The second-order valence-corrected chi connectivity index (χ2v) is 10.9. The fourth-order valence-electron chi connectivity index (χ4n) is 5.69. The normalized spacial score (nSPS) is 18.0. The standard InChI is InChI=1S/C25H39N5O3S/c1-4-5-16-29-21-22(27(2)25(33)28(3)23(21)32)26-24(29)34-17-20(31)30(18-12-8-6-9-13-18)19-14-10-7-11-15-19/h18-19H,4-17H2,1-3H3. The summed E-state index contributed by atoms with van der Waals surface area (Å²) in [5, 5.41) is 0.655. The van der Waals surface area contributed by atoms with Crippen LogP contribution >= 0.6 is 11.8 Å². The van der Waals surface area contributed by atoms with Gasteiger partial charge in [-0.2, -0.15) is 0 Å². The summed E-state index contributed by atoms with van der Waals surface area (Å²) in [4.78, 5) is 46.0. The van der Waals surface area contributed by atoms with Crippen molar-refractivity contribution >= 4 is 28.8 Å². The molecule has 0 saturated heterocycles. The predicted octanol–water partition coefficient (Wildman–Crippen LogP) is 3.82. The zero-order valence-electron chi connectivity index (χ0n) is 20.9. The van der Waals surface area contributed by atoms with Gasteiger partial charge in [0.2, 0.25) is 5.91 Å². The van der Waals surface area contributed by atoms with Crippen molar-refractivity contribution in [2.24, 2.45) is 14.1 Å². The molecule has 2 aromatic heterocycles. The van der Waals surface area contributed by atoms with Crippen molar-refractivity contribution in [1.29, 1.82) is 0 Å². The number of hydrogen-bond acceptors (Lipinski definition) is 5. The molecule has 2 saturated carbocycles. The number of rotatable bonds is 8. The van der Waals surface area contributed by atoms with Crippen molar-refractivity contribution in [3.05, 3.63) is 20.8 Å². The van der Waals surface area contributed by atoms with E-state index in [1.54, 1.807) is 7.05 Å². The Bertz CT molecular complexity index is 1100. The number of carbonyl (C=O) groups is 1. The van der Waals surface area contributed by atoms with Crippen molar-refractivity contribution < 1.29 is 4.79 Å². The molecule has 4 rings (SSSR count). The lowest BCUT2D eigenvalue weighted by molar-refractivity contribution is -0.135. The zero-order chi connectivity index (χ0) is 24.2. The van der Waals surface area contributed by atoms with E-state index in [0.29, 0.717) is 40.7 Å². The van der Waals surface area contributed by atoms with Crippen molar-refractivity contribution in [2.45, 2.75) is 108 Å². The summed E-state index contributed by atoms with van der Waals surface area (Å²) >= 11 is 1.41. The van der Waals surface area contributed by atoms with Crippen LogP contribution in [-0.4, -0.2) is 47.3 Å². The average molecular weight is 490 g/mol. The molecule has 0 unspecified atom stereocenters. The second kappa shape index (κ2) is 11.1. The summed E-state index contributed by atoms with van der Waals surface area (Å²) in [5.74, 6) is 0.510. The minimum Gasteiger partial charge on any atom is -0.336 e. The molecule has 0 aliphatic heterocycles. The number of aryl methyl sites for hydroxylation is 2. The summed E-state index contributed by atoms with van der Waals surface area (Å²) in [6, 6.07) is 0.717. The van der Waals surface area contributed by atoms with Gasteiger partial charge in [-0.15, -0.1) is 0 Å². The number of imidazole rings is 1. The Labute approximate surface area is 205 Å². The molecule has 0 spiro atoms. The molecule has 188 valence electrons. The van der Waals surface area contributed by atoms with Crippen LogP contribution in [0.15, 0.2) is 14.7 Å². The van der Waals surface area contributed by atoms with Gasteiger partial charge in [0.1, 0.15) is 0 Å². The highest BCUT2D eigenvalue weighted by atomic mass is 32.2. The highest BCUT2D eigenvalue weighted by Gasteiger charge is 2.32. The molecule has 2 aliphatic rings. The maximum Gasteiger partial charge on any atom is 0.332 e. The van der Waals surface area contributed by atoms with Gasteiger partial charge in [-0.3, -0.25) is 18.7 Å². The van der Waals surface area contributed by atoms with Gasteiger partial charge in [0.25, 0.3) is 5.56 Å². The van der Waals surface area contributed by atoms with Gasteiger partial charge in [-0.1, -0.05) is 63.6 Å². The number of nitrogens with zero attached hydrogens (tertiary/aromatic N) is 5. The van der Waals surface area contributed by atoms with Crippen LogP contribution in [0.1, 0.15) is 84.0 Å². The first-order chi connectivity index (χ1) is 16.4. The molecule has 1 amide bonds.